The molecule has 18 heavy (non-hydrogen) atoms. The molecule has 3 nitrogen and oxygen atoms in total. The van der Waals surface area contributed by atoms with Gasteiger partial charge < -0.3 is 15.0 Å². The number of phenolic OH excluding ortho intramolecular Hbond substituents is 1. The number of carbonyl (C=O) groups excluding carboxylic acids is 1. The number of hydrogen-bond donors (Lipinski definition) is 1. The van der Waals surface area contributed by atoms with Gasteiger partial charge in [0.1, 0.15) is 11.6 Å². The van der Waals surface area contributed by atoms with E-state index in [0.29, 0.717) is 5.56 Å². The van der Waals surface area contributed by atoms with Crippen LogP contribution in [0.5, 0.6) is 5.75 Å². The van der Waals surface area contributed by atoms with Crippen LogP contribution in [0.1, 0.15) is 5.56 Å². The van der Waals surface area contributed by atoms with Crippen LogP contribution in [0.4, 0.5) is 4.39 Å². The third-order valence-electron chi connectivity index (χ3n) is 2.57. The largest absolute Gasteiger partial charge is 0.550 e. The van der Waals surface area contributed by atoms with Gasteiger partial charge in [0, 0.05) is 18.0 Å². The van der Waals surface area contributed by atoms with Gasteiger partial charge in [-0.25, -0.2) is 4.39 Å². The number of phenols is 1. The van der Waals surface area contributed by atoms with E-state index < -0.39 is 18.2 Å². The summed E-state index contributed by atoms with van der Waals surface area (Å²) in [6.07, 6.45) is -0.474. The molecule has 0 radical (unpaired) electrons. The van der Waals surface area contributed by atoms with Gasteiger partial charge >= 0.3 is 0 Å². The lowest BCUT2D eigenvalue weighted by atomic mass is 10.0. The van der Waals surface area contributed by atoms with Crippen LogP contribution in [0.25, 0.3) is 11.1 Å². The van der Waals surface area contributed by atoms with Crippen LogP contribution in [0.3, 0.4) is 0 Å². The molecule has 2 rings (SSSR count). The summed E-state index contributed by atoms with van der Waals surface area (Å²) in [5.74, 6) is -1.91. The lowest BCUT2D eigenvalue weighted by molar-refractivity contribution is -0.304. The predicted octanol–water partition coefficient (Wildman–Crippen LogP) is 1.49. The molecule has 92 valence electrons. The normalized spacial score (nSPS) is 10.3. The van der Waals surface area contributed by atoms with E-state index in [2.05, 4.69) is 0 Å². The van der Waals surface area contributed by atoms with Gasteiger partial charge in [-0.15, -0.1) is 0 Å². The zero-order valence-corrected chi connectivity index (χ0v) is 9.39. The first-order valence-electron chi connectivity index (χ1n) is 5.34. The van der Waals surface area contributed by atoms with Crippen molar-refractivity contribution >= 4 is 5.97 Å². The smallest absolute Gasteiger partial charge is 0.134 e. The first-order valence-corrected chi connectivity index (χ1v) is 5.34. The minimum absolute atomic E-state index is 0.0252. The Morgan fingerprint density at radius 2 is 1.94 bits per heavy atom. The summed E-state index contributed by atoms with van der Waals surface area (Å²) in [6, 6.07) is 10.6. The van der Waals surface area contributed by atoms with Crippen LogP contribution < -0.4 is 5.11 Å². The number of benzene rings is 2. The average Bonchev–Trinajstić information content (AvgIpc) is 2.31. The molecule has 0 aromatic heterocycles. The third kappa shape index (κ3) is 2.48. The number of carboxylic acid groups (broad SMARTS) is 1. The Balaban J connectivity index is 2.49. The molecule has 0 saturated carbocycles. The van der Waals surface area contributed by atoms with Crippen LogP contribution in [0.2, 0.25) is 0 Å². The number of carbonyl (C=O) groups is 1. The summed E-state index contributed by atoms with van der Waals surface area (Å²) < 4.78 is 14.1. The Morgan fingerprint density at radius 3 is 2.61 bits per heavy atom. The van der Waals surface area contributed by atoms with E-state index >= 15 is 0 Å². The van der Waals surface area contributed by atoms with Gasteiger partial charge in [0.15, 0.2) is 0 Å². The molecule has 0 amide bonds. The molecule has 0 fully saturated rings. The van der Waals surface area contributed by atoms with Gasteiger partial charge in [0.2, 0.25) is 0 Å². The maximum absolute atomic E-state index is 14.1. The molecular weight excluding hydrogens is 235 g/mol. The van der Waals surface area contributed by atoms with Crippen molar-refractivity contribution in [2.75, 3.05) is 0 Å². The monoisotopic (exact) mass is 245 g/mol. The molecule has 2 aromatic rings. The maximum atomic E-state index is 14.1. The van der Waals surface area contributed by atoms with E-state index in [9.17, 15) is 19.4 Å². The lowest BCUT2D eigenvalue weighted by Gasteiger charge is -2.09. The van der Waals surface area contributed by atoms with Crippen LogP contribution in [-0.4, -0.2) is 11.1 Å². The van der Waals surface area contributed by atoms with E-state index in [-0.39, 0.29) is 16.9 Å². The Hall–Kier alpha value is -2.36. The molecule has 0 heterocycles. The standard InChI is InChI=1S/C14H11FO3/c15-14-10(8-13(17)18)4-2-6-12(14)9-3-1-5-11(16)7-9/h1-7,16H,8H2,(H,17,18)/p-1. The highest BCUT2D eigenvalue weighted by Crippen LogP contribution is 2.27. The van der Waals surface area contributed by atoms with Gasteiger partial charge in [0.25, 0.3) is 0 Å². The number of carboxylic acids is 1. The number of halogens is 1. The van der Waals surface area contributed by atoms with E-state index in [4.69, 9.17) is 0 Å². The summed E-state index contributed by atoms with van der Waals surface area (Å²) in [5, 5.41) is 19.9. The molecular formula is C14H10FO3-. The van der Waals surface area contributed by atoms with E-state index in [1.54, 1.807) is 18.2 Å². The van der Waals surface area contributed by atoms with Crippen LogP contribution >= 0.6 is 0 Å². The molecule has 0 spiro atoms. The average molecular weight is 245 g/mol. The minimum atomic E-state index is -1.33. The van der Waals surface area contributed by atoms with Crippen molar-refractivity contribution in [1.29, 1.82) is 0 Å². The van der Waals surface area contributed by atoms with Crippen molar-refractivity contribution in [2.45, 2.75) is 6.42 Å². The second-order valence-electron chi connectivity index (χ2n) is 3.88. The molecule has 0 unspecified atom stereocenters. The summed E-state index contributed by atoms with van der Waals surface area (Å²) in [7, 11) is 0. The fourth-order valence-electron chi connectivity index (χ4n) is 1.77. The van der Waals surface area contributed by atoms with Gasteiger partial charge in [-0.05, 0) is 23.3 Å². The van der Waals surface area contributed by atoms with Crippen LogP contribution in [-0.2, 0) is 11.2 Å². The number of aliphatic carboxylic acids is 1. The Bertz CT molecular complexity index is 593. The minimum Gasteiger partial charge on any atom is -0.550 e. The van der Waals surface area contributed by atoms with Crippen molar-refractivity contribution in [2.24, 2.45) is 0 Å². The topological polar surface area (TPSA) is 60.4 Å². The van der Waals surface area contributed by atoms with Crippen LogP contribution in [0, 0.1) is 5.82 Å². The van der Waals surface area contributed by atoms with Gasteiger partial charge in [-0.3, -0.25) is 0 Å². The Morgan fingerprint density at radius 1 is 1.22 bits per heavy atom. The van der Waals surface area contributed by atoms with E-state index in [0.717, 1.165) is 0 Å². The quantitative estimate of drug-likeness (QED) is 0.891. The molecule has 0 aliphatic rings. The molecule has 0 aliphatic heterocycles. The molecule has 0 bridgehead atoms. The zero-order valence-electron chi connectivity index (χ0n) is 9.39. The van der Waals surface area contributed by atoms with E-state index in [1.807, 2.05) is 0 Å². The highest BCUT2D eigenvalue weighted by Gasteiger charge is 2.10. The van der Waals surface area contributed by atoms with E-state index in [1.165, 1.54) is 24.3 Å². The Kier molecular flexibility index (Phi) is 3.28. The second-order valence-corrected chi connectivity index (χ2v) is 3.88. The number of rotatable bonds is 3. The molecule has 4 heteroatoms. The zero-order chi connectivity index (χ0) is 13.1. The van der Waals surface area contributed by atoms with Gasteiger partial charge in [0.05, 0.1) is 0 Å². The predicted molar refractivity (Wildman–Crippen MR) is 62.2 cm³/mol. The van der Waals surface area contributed by atoms with Crippen LogP contribution in [0.15, 0.2) is 42.5 Å². The number of aromatic hydroxyl groups is 1. The number of hydrogen-bond acceptors (Lipinski definition) is 3. The molecule has 0 atom stereocenters. The lowest BCUT2D eigenvalue weighted by Crippen LogP contribution is -2.24. The van der Waals surface area contributed by atoms with Crippen molar-refractivity contribution in [1.82, 2.24) is 0 Å². The summed E-state index contributed by atoms with van der Waals surface area (Å²) in [4.78, 5) is 10.5. The van der Waals surface area contributed by atoms with Crippen molar-refractivity contribution in [3.05, 3.63) is 53.8 Å². The maximum Gasteiger partial charge on any atom is 0.134 e. The third-order valence-corrected chi connectivity index (χ3v) is 2.57. The molecule has 0 aliphatic carbocycles. The highest BCUT2D eigenvalue weighted by molar-refractivity contribution is 5.71. The molecule has 1 N–H and O–H groups in total. The second kappa shape index (κ2) is 4.87. The fraction of sp³-hybridized carbons (Fsp3) is 0.0714. The summed E-state index contributed by atoms with van der Waals surface area (Å²) in [6.45, 7) is 0. The first-order chi connectivity index (χ1) is 8.58. The summed E-state index contributed by atoms with van der Waals surface area (Å²) >= 11 is 0. The molecule has 0 saturated heterocycles. The summed E-state index contributed by atoms with van der Waals surface area (Å²) in [5.41, 5.74) is 0.813. The molecule has 2 aromatic carbocycles. The van der Waals surface area contributed by atoms with Crippen molar-refractivity contribution in [3.63, 3.8) is 0 Å². The fourth-order valence-corrected chi connectivity index (χ4v) is 1.77. The highest BCUT2D eigenvalue weighted by atomic mass is 19.1. The van der Waals surface area contributed by atoms with Crippen molar-refractivity contribution in [3.8, 4) is 16.9 Å². The van der Waals surface area contributed by atoms with Crippen molar-refractivity contribution < 1.29 is 19.4 Å². The van der Waals surface area contributed by atoms with Gasteiger partial charge in [-0.2, -0.15) is 0 Å². The Labute approximate surface area is 103 Å². The SMILES string of the molecule is O=C([O-])Cc1cccc(-c2cccc(O)c2)c1F. The van der Waals surface area contributed by atoms with Gasteiger partial charge in [-0.1, -0.05) is 30.3 Å². The first kappa shape index (κ1) is 12.1.